The van der Waals surface area contributed by atoms with Crippen LogP contribution in [0.2, 0.25) is 0 Å². The minimum absolute atomic E-state index is 0.00409. The number of nitrogens with zero attached hydrogens (tertiary/aromatic N) is 1. The Hall–Kier alpha value is -3.34. The molecular weight excluding hydrogens is 376 g/mol. The summed E-state index contributed by atoms with van der Waals surface area (Å²) >= 11 is 0. The number of ketones is 1. The number of carbonyl (C=O) groups is 2. The van der Waals surface area contributed by atoms with Crippen molar-refractivity contribution in [1.82, 2.24) is 9.88 Å². The van der Waals surface area contributed by atoms with E-state index in [2.05, 4.69) is 4.98 Å². The van der Waals surface area contributed by atoms with Crippen LogP contribution in [0.4, 0.5) is 0 Å². The van der Waals surface area contributed by atoms with Crippen LogP contribution in [0.15, 0.2) is 66.7 Å². The van der Waals surface area contributed by atoms with Gasteiger partial charge in [-0.25, -0.2) is 0 Å². The van der Waals surface area contributed by atoms with E-state index in [-0.39, 0.29) is 23.7 Å². The van der Waals surface area contributed by atoms with Gasteiger partial charge in [-0.1, -0.05) is 42.5 Å². The highest BCUT2D eigenvalue weighted by molar-refractivity contribution is 6.00. The Labute approximate surface area is 175 Å². The van der Waals surface area contributed by atoms with Gasteiger partial charge in [0.15, 0.2) is 5.78 Å². The molecule has 2 atom stereocenters. The molecule has 30 heavy (non-hydrogen) atoms. The summed E-state index contributed by atoms with van der Waals surface area (Å²) < 4.78 is 6.17. The highest BCUT2D eigenvalue weighted by Crippen LogP contribution is 2.33. The number of carbonyl (C=O) groups excluding carboxylic acids is 2. The maximum absolute atomic E-state index is 13.1. The van der Waals surface area contributed by atoms with Gasteiger partial charge < -0.3 is 14.6 Å². The molecule has 2 aliphatic heterocycles. The van der Waals surface area contributed by atoms with Crippen LogP contribution in [0.1, 0.15) is 40.1 Å². The summed E-state index contributed by atoms with van der Waals surface area (Å²) in [4.78, 5) is 30.8. The van der Waals surface area contributed by atoms with E-state index in [1.807, 2.05) is 71.6 Å². The number of rotatable bonds is 3. The van der Waals surface area contributed by atoms with Crippen molar-refractivity contribution in [1.29, 1.82) is 0 Å². The lowest BCUT2D eigenvalue weighted by molar-refractivity contribution is 0.0406. The van der Waals surface area contributed by atoms with E-state index in [9.17, 15) is 9.59 Å². The standard InChI is InChI=1S/C25H24N2O3/c28-22-15-24(30-23-11-5-4-10-19(22)23)18-9-6-14-27(16-18)25(29)21-13-12-20(26-21)17-7-2-1-3-8-17/h1-5,7-8,10-13,18,24,26H,6,9,14-16H2/t18-,24-/m1/s1. The minimum Gasteiger partial charge on any atom is -0.489 e. The molecule has 0 bridgehead atoms. The molecule has 5 heteroatoms. The molecule has 1 amide bonds. The number of hydrogen-bond acceptors (Lipinski definition) is 3. The lowest BCUT2D eigenvalue weighted by Crippen LogP contribution is -2.46. The number of piperidine rings is 1. The average Bonchev–Trinajstić information content (AvgIpc) is 3.30. The van der Waals surface area contributed by atoms with Crippen molar-refractivity contribution >= 4 is 11.7 Å². The Morgan fingerprint density at radius 3 is 2.67 bits per heavy atom. The number of para-hydroxylation sites is 1. The predicted octanol–water partition coefficient (Wildman–Crippen LogP) is 4.57. The van der Waals surface area contributed by atoms with Gasteiger partial charge in [-0.3, -0.25) is 9.59 Å². The number of amides is 1. The maximum Gasteiger partial charge on any atom is 0.270 e. The summed E-state index contributed by atoms with van der Waals surface area (Å²) in [5.41, 5.74) is 3.25. The number of hydrogen-bond donors (Lipinski definition) is 1. The van der Waals surface area contributed by atoms with Gasteiger partial charge in [0.2, 0.25) is 0 Å². The molecule has 0 spiro atoms. The van der Waals surface area contributed by atoms with Gasteiger partial charge in [0.25, 0.3) is 5.91 Å². The van der Waals surface area contributed by atoms with Gasteiger partial charge in [0, 0.05) is 31.1 Å². The SMILES string of the molecule is O=C1C[C@H]([C@@H]2CCCN(C(=O)c3ccc(-c4ccccc4)[nH]3)C2)Oc2ccccc21. The van der Waals surface area contributed by atoms with Crippen LogP contribution in [-0.4, -0.2) is 40.8 Å². The van der Waals surface area contributed by atoms with Crippen LogP contribution in [0.3, 0.4) is 0 Å². The molecule has 1 N–H and O–H groups in total. The van der Waals surface area contributed by atoms with Gasteiger partial charge in [0.05, 0.1) is 5.56 Å². The monoisotopic (exact) mass is 400 g/mol. The molecule has 3 aromatic rings. The zero-order valence-electron chi connectivity index (χ0n) is 16.7. The van der Waals surface area contributed by atoms with E-state index in [0.29, 0.717) is 30.0 Å². The molecule has 0 radical (unpaired) electrons. The normalized spacial score (nSPS) is 21.1. The molecule has 1 aromatic heterocycles. The first kappa shape index (κ1) is 18.7. The van der Waals surface area contributed by atoms with E-state index < -0.39 is 0 Å². The molecule has 2 aromatic carbocycles. The fourth-order valence-corrected chi connectivity index (χ4v) is 4.53. The van der Waals surface area contributed by atoms with E-state index in [1.54, 1.807) is 0 Å². The van der Waals surface area contributed by atoms with Crippen LogP contribution < -0.4 is 4.74 Å². The number of benzene rings is 2. The predicted molar refractivity (Wildman–Crippen MR) is 115 cm³/mol. The van der Waals surface area contributed by atoms with E-state index >= 15 is 0 Å². The molecule has 1 fully saturated rings. The average molecular weight is 400 g/mol. The van der Waals surface area contributed by atoms with Gasteiger partial charge in [-0.05, 0) is 42.7 Å². The molecule has 5 rings (SSSR count). The smallest absolute Gasteiger partial charge is 0.270 e. The number of aromatic amines is 1. The third kappa shape index (κ3) is 3.52. The van der Waals surface area contributed by atoms with Crippen molar-refractivity contribution in [3.05, 3.63) is 78.0 Å². The summed E-state index contributed by atoms with van der Waals surface area (Å²) in [6.45, 7) is 1.34. The molecule has 2 aliphatic rings. The minimum atomic E-state index is -0.175. The van der Waals surface area contributed by atoms with Crippen molar-refractivity contribution in [2.45, 2.75) is 25.4 Å². The highest BCUT2D eigenvalue weighted by Gasteiger charge is 2.36. The molecule has 5 nitrogen and oxygen atoms in total. The summed E-state index contributed by atoms with van der Waals surface area (Å²) in [5.74, 6) is 0.953. The molecule has 152 valence electrons. The molecule has 0 aliphatic carbocycles. The van der Waals surface area contributed by atoms with Crippen molar-refractivity contribution in [3.8, 4) is 17.0 Å². The first-order valence-electron chi connectivity index (χ1n) is 10.5. The second-order valence-corrected chi connectivity index (χ2v) is 8.08. The van der Waals surface area contributed by atoms with Crippen LogP contribution in [-0.2, 0) is 0 Å². The fourth-order valence-electron chi connectivity index (χ4n) is 4.53. The van der Waals surface area contributed by atoms with Crippen LogP contribution in [0.25, 0.3) is 11.3 Å². The molecule has 3 heterocycles. The van der Waals surface area contributed by atoms with Crippen molar-refractivity contribution in [2.75, 3.05) is 13.1 Å². The fraction of sp³-hybridized carbons (Fsp3) is 0.280. The quantitative estimate of drug-likeness (QED) is 0.701. The maximum atomic E-state index is 13.1. The van der Waals surface area contributed by atoms with Crippen molar-refractivity contribution < 1.29 is 14.3 Å². The summed E-state index contributed by atoms with van der Waals surface area (Å²) in [6.07, 6.45) is 2.08. The Morgan fingerprint density at radius 2 is 1.80 bits per heavy atom. The molecule has 0 saturated carbocycles. The Kier molecular flexibility index (Phi) is 4.87. The second kappa shape index (κ2) is 7.82. The van der Waals surface area contributed by atoms with Crippen LogP contribution >= 0.6 is 0 Å². The van der Waals surface area contributed by atoms with Gasteiger partial charge >= 0.3 is 0 Å². The van der Waals surface area contributed by atoms with E-state index in [0.717, 1.165) is 30.6 Å². The first-order valence-corrected chi connectivity index (χ1v) is 10.5. The largest absolute Gasteiger partial charge is 0.489 e. The topological polar surface area (TPSA) is 62.4 Å². The molecular formula is C25H24N2O3. The summed E-state index contributed by atoms with van der Waals surface area (Å²) in [5, 5.41) is 0. The Morgan fingerprint density at radius 1 is 1.00 bits per heavy atom. The third-order valence-electron chi connectivity index (χ3n) is 6.12. The lowest BCUT2D eigenvalue weighted by Gasteiger charge is -2.38. The summed E-state index contributed by atoms with van der Waals surface area (Å²) in [6, 6.07) is 21.2. The number of nitrogens with one attached hydrogen (secondary N) is 1. The van der Waals surface area contributed by atoms with Crippen LogP contribution in [0.5, 0.6) is 5.75 Å². The number of likely N-dealkylation sites (tertiary alicyclic amines) is 1. The lowest BCUT2D eigenvalue weighted by atomic mass is 9.87. The van der Waals surface area contributed by atoms with Gasteiger partial charge in [-0.2, -0.15) is 0 Å². The number of Topliss-reactive ketones (excluding diaryl/α,β-unsaturated/α-hetero) is 1. The number of aromatic nitrogens is 1. The second-order valence-electron chi connectivity index (χ2n) is 8.08. The zero-order chi connectivity index (χ0) is 20.5. The van der Waals surface area contributed by atoms with Gasteiger partial charge in [0.1, 0.15) is 17.5 Å². The van der Waals surface area contributed by atoms with E-state index in [1.165, 1.54) is 0 Å². The molecule has 1 saturated heterocycles. The molecule has 0 unspecified atom stereocenters. The van der Waals surface area contributed by atoms with Crippen molar-refractivity contribution in [2.24, 2.45) is 5.92 Å². The zero-order valence-corrected chi connectivity index (χ0v) is 16.7. The third-order valence-corrected chi connectivity index (χ3v) is 6.12. The first-order chi connectivity index (χ1) is 14.7. The Bertz CT molecular complexity index is 1070. The highest BCUT2D eigenvalue weighted by atomic mass is 16.5. The number of ether oxygens (including phenoxy) is 1. The number of fused-ring (bicyclic) bond motifs is 1. The summed E-state index contributed by atoms with van der Waals surface area (Å²) in [7, 11) is 0. The van der Waals surface area contributed by atoms with E-state index in [4.69, 9.17) is 4.74 Å². The number of H-pyrrole nitrogens is 1. The van der Waals surface area contributed by atoms with Crippen LogP contribution in [0, 0.1) is 5.92 Å². The van der Waals surface area contributed by atoms with Gasteiger partial charge in [-0.15, -0.1) is 0 Å². The Balaban J connectivity index is 1.30. The van der Waals surface area contributed by atoms with Crippen molar-refractivity contribution in [3.63, 3.8) is 0 Å².